The fourth-order valence-electron chi connectivity index (χ4n) is 1.26. The molecule has 10 heavy (non-hydrogen) atoms. The molecule has 0 aromatic rings. The first-order valence-corrected chi connectivity index (χ1v) is 7.66. The maximum Gasteiger partial charge on any atom is 0.120 e. The zero-order chi connectivity index (χ0) is 8.20. The Morgan fingerprint density at radius 1 is 1.50 bits per heavy atom. The normalized spacial score (nSPS) is 15.3. The van der Waals surface area contributed by atoms with E-state index in [0.29, 0.717) is 5.37 Å². The Morgan fingerprint density at radius 3 is 2.30 bits per heavy atom. The zero-order valence-electron chi connectivity index (χ0n) is 7.44. The van der Waals surface area contributed by atoms with Crippen molar-refractivity contribution in [2.24, 2.45) is 0 Å². The van der Waals surface area contributed by atoms with Crippen molar-refractivity contribution < 1.29 is 0 Å². The highest BCUT2D eigenvalue weighted by Crippen LogP contribution is 2.09. The third-order valence-electron chi connectivity index (χ3n) is 1.47. The molecular formula is C7H19NSSi. The van der Waals surface area contributed by atoms with E-state index in [2.05, 4.69) is 44.6 Å². The van der Waals surface area contributed by atoms with Crippen LogP contribution < -0.4 is 4.98 Å². The molecule has 0 aliphatic heterocycles. The van der Waals surface area contributed by atoms with Crippen LogP contribution >= 0.6 is 12.6 Å². The average molecular weight is 177 g/mol. The van der Waals surface area contributed by atoms with E-state index >= 15 is 0 Å². The largest absolute Gasteiger partial charge is 0.327 e. The molecule has 0 spiro atoms. The molecule has 0 saturated heterocycles. The van der Waals surface area contributed by atoms with Crippen LogP contribution in [-0.4, -0.2) is 13.6 Å². The van der Waals surface area contributed by atoms with E-state index in [9.17, 15) is 0 Å². The lowest BCUT2D eigenvalue weighted by molar-refractivity contribution is 0.874. The predicted molar refractivity (Wildman–Crippen MR) is 54.2 cm³/mol. The van der Waals surface area contributed by atoms with Gasteiger partial charge in [0.2, 0.25) is 0 Å². The maximum atomic E-state index is 4.31. The van der Waals surface area contributed by atoms with Gasteiger partial charge in [0.25, 0.3) is 0 Å². The summed E-state index contributed by atoms with van der Waals surface area (Å²) in [5, 5.41) is 0.355. The molecule has 0 rings (SSSR count). The van der Waals surface area contributed by atoms with Crippen LogP contribution in [0.4, 0.5) is 0 Å². The molecule has 0 fully saturated rings. The summed E-state index contributed by atoms with van der Waals surface area (Å²) in [7, 11) is -1.09. The second-order valence-corrected chi connectivity index (χ2v) is 8.79. The van der Waals surface area contributed by atoms with E-state index in [4.69, 9.17) is 0 Å². The van der Waals surface area contributed by atoms with Crippen LogP contribution in [0.25, 0.3) is 0 Å². The Hall–Kier alpha value is 0.527. The van der Waals surface area contributed by atoms with Crippen molar-refractivity contribution in [1.29, 1.82) is 0 Å². The Labute approximate surface area is 71.1 Å². The molecule has 0 aliphatic carbocycles. The fourth-order valence-corrected chi connectivity index (χ4v) is 4.84. The number of thiol groups is 1. The van der Waals surface area contributed by atoms with Crippen LogP contribution in [-0.2, 0) is 0 Å². The summed E-state index contributed by atoms with van der Waals surface area (Å²) in [5.74, 6) is 0. The van der Waals surface area contributed by atoms with E-state index < -0.39 is 8.24 Å². The highest BCUT2D eigenvalue weighted by atomic mass is 32.1. The van der Waals surface area contributed by atoms with Gasteiger partial charge in [-0.1, -0.05) is 26.4 Å². The van der Waals surface area contributed by atoms with Crippen molar-refractivity contribution in [2.45, 2.75) is 44.8 Å². The Balaban J connectivity index is 3.63. The summed E-state index contributed by atoms with van der Waals surface area (Å²) >= 11 is 4.31. The quantitative estimate of drug-likeness (QED) is 0.382. The first-order valence-electron chi connectivity index (χ1n) is 3.93. The van der Waals surface area contributed by atoms with Gasteiger partial charge in [0.05, 0.1) is 0 Å². The van der Waals surface area contributed by atoms with E-state index in [1.54, 1.807) is 0 Å². The third-order valence-corrected chi connectivity index (χ3v) is 4.81. The van der Waals surface area contributed by atoms with Gasteiger partial charge in [-0.25, -0.2) is 0 Å². The summed E-state index contributed by atoms with van der Waals surface area (Å²) < 4.78 is 0. The number of hydrogen-bond donors (Lipinski definition) is 2. The summed E-state index contributed by atoms with van der Waals surface area (Å²) in [6.07, 6.45) is 1.28. The lowest BCUT2D eigenvalue weighted by Crippen LogP contribution is -2.47. The van der Waals surface area contributed by atoms with Gasteiger partial charge in [-0.2, -0.15) is 12.6 Å². The predicted octanol–water partition coefficient (Wildman–Crippen LogP) is 2.47. The van der Waals surface area contributed by atoms with Crippen molar-refractivity contribution in [1.82, 2.24) is 4.98 Å². The lowest BCUT2D eigenvalue weighted by Gasteiger charge is -2.25. The van der Waals surface area contributed by atoms with Crippen molar-refractivity contribution in [3.63, 3.8) is 0 Å². The maximum absolute atomic E-state index is 4.31. The van der Waals surface area contributed by atoms with E-state index in [0.717, 1.165) is 0 Å². The van der Waals surface area contributed by atoms with E-state index in [1.165, 1.54) is 12.5 Å². The number of nitrogens with one attached hydrogen (secondary N) is 1. The van der Waals surface area contributed by atoms with Crippen molar-refractivity contribution in [3.05, 3.63) is 0 Å². The van der Waals surface area contributed by atoms with Gasteiger partial charge in [-0.05, 0) is 13.0 Å². The topological polar surface area (TPSA) is 12.0 Å². The van der Waals surface area contributed by atoms with Crippen molar-refractivity contribution >= 4 is 20.9 Å². The first-order chi connectivity index (χ1) is 4.48. The molecule has 0 amide bonds. The van der Waals surface area contributed by atoms with Crippen LogP contribution in [0.5, 0.6) is 0 Å². The van der Waals surface area contributed by atoms with Crippen LogP contribution in [0.1, 0.15) is 20.3 Å². The molecule has 0 heterocycles. The monoisotopic (exact) mass is 177 g/mol. The minimum absolute atomic E-state index is 0.355. The van der Waals surface area contributed by atoms with Gasteiger partial charge in [0.1, 0.15) is 8.24 Å². The molecule has 62 valence electrons. The van der Waals surface area contributed by atoms with Crippen LogP contribution in [0.15, 0.2) is 0 Å². The van der Waals surface area contributed by atoms with Gasteiger partial charge < -0.3 is 4.98 Å². The van der Waals surface area contributed by atoms with Crippen LogP contribution in [0, 0.1) is 0 Å². The molecule has 0 aromatic carbocycles. The Kier molecular flexibility index (Phi) is 4.65. The molecule has 3 heteroatoms. The molecule has 0 aromatic heterocycles. The molecule has 1 atom stereocenters. The molecule has 1 nitrogen and oxygen atoms in total. The minimum Gasteiger partial charge on any atom is -0.327 e. The fraction of sp³-hybridized carbons (Fsp3) is 1.00. The number of hydrogen-bond acceptors (Lipinski definition) is 2. The summed E-state index contributed by atoms with van der Waals surface area (Å²) in [4.78, 5) is 3.52. The van der Waals surface area contributed by atoms with Gasteiger partial charge in [-0.3, -0.25) is 0 Å². The van der Waals surface area contributed by atoms with Gasteiger partial charge in [0, 0.05) is 5.37 Å². The highest BCUT2D eigenvalue weighted by Gasteiger charge is 2.19. The van der Waals surface area contributed by atoms with Crippen LogP contribution in [0.3, 0.4) is 0 Å². The van der Waals surface area contributed by atoms with Crippen molar-refractivity contribution in [3.8, 4) is 0 Å². The van der Waals surface area contributed by atoms with Crippen LogP contribution in [0.2, 0.25) is 19.1 Å². The average Bonchev–Trinajstić information content (AvgIpc) is 1.59. The summed E-state index contributed by atoms with van der Waals surface area (Å²) in [6.45, 7) is 9.03. The minimum atomic E-state index is -1.09. The SMILES string of the molecule is CCC[Si](C)(C)NC(C)S. The smallest absolute Gasteiger partial charge is 0.120 e. The molecular weight excluding hydrogens is 158 g/mol. The molecule has 0 aliphatic rings. The molecule has 1 unspecified atom stereocenters. The van der Waals surface area contributed by atoms with Gasteiger partial charge in [0.15, 0.2) is 0 Å². The molecule has 0 bridgehead atoms. The second kappa shape index (κ2) is 4.41. The Morgan fingerprint density at radius 2 is 2.00 bits per heavy atom. The molecule has 1 N–H and O–H groups in total. The number of rotatable bonds is 4. The highest BCUT2D eigenvalue weighted by molar-refractivity contribution is 7.80. The molecule has 0 radical (unpaired) electrons. The Bertz CT molecular complexity index is 93.6. The first kappa shape index (κ1) is 10.5. The standard InChI is InChI=1S/C7H19NSSi/c1-5-6-10(3,4)8-7(2)9/h7-9H,5-6H2,1-4H3. The lowest BCUT2D eigenvalue weighted by atomic mass is 10.6. The second-order valence-electron chi connectivity index (χ2n) is 3.45. The zero-order valence-corrected chi connectivity index (χ0v) is 9.33. The molecule has 0 saturated carbocycles. The summed E-state index contributed by atoms with van der Waals surface area (Å²) in [6, 6.07) is 1.35. The van der Waals surface area contributed by atoms with Crippen molar-refractivity contribution in [2.75, 3.05) is 0 Å². The van der Waals surface area contributed by atoms with Gasteiger partial charge in [-0.15, -0.1) is 0 Å². The summed E-state index contributed by atoms with van der Waals surface area (Å²) in [5.41, 5.74) is 0. The van der Waals surface area contributed by atoms with E-state index in [-0.39, 0.29) is 0 Å². The third kappa shape index (κ3) is 5.32. The van der Waals surface area contributed by atoms with E-state index in [1.807, 2.05) is 0 Å². The van der Waals surface area contributed by atoms with Gasteiger partial charge >= 0.3 is 0 Å².